The lowest BCUT2D eigenvalue weighted by molar-refractivity contribution is 0.107. The quantitative estimate of drug-likeness (QED) is 0.696. The van der Waals surface area contributed by atoms with E-state index in [1.807, 2.05) is 60.6 Å². The summed E-state index contributed by atoms with van der Waals surface area (Å²) in [5, 5.41) is 0.718. The van der Waals surface area contributed by atoms with Crippen molar-refractivity contribution in [1.29, 1.82) is 0 Å². The van der Waals surface area contributed by atoms with E-state index in [9.17, 15) is 9.36 Å². The third-order valence-corrected chi connectivity index (χ3v) is 6.91. The summed E-state index contributed by atoms with van der Waals surface area (Å²) in [6.45, 7) is 15.9. The lowest BCUT2D eigenvalue weighted by atomic mass is 9.95. The number of aryl methyl sites for hydroxylation is 3. The molecule has 0 spiro atoms. The molecule has 0 saturated carbocycles. The molecule has 2 aromatic rings. The average molecular weight is 341 g/mol. The molecule has 0 aromatic heterocycles. The first-order chi connectivity index (χ1) is 11.1. The summed E-state index contributed by atoms with van der Waals surface area (Å²) < 4.78 is 13.2. The van der Waals surface area contributed by atoms with E-state index < -0.39 is 7.80 Å². The normalized spacial score (nSPS) is 11.6. The summed E-state index contributed by atoms with van der Waals surface area (Å²) in [6.07, 6.45) is 0. The molecule has 0 saturated heterocycles. The fourth-order valence-electron chi connectivity index (χ4n) is 3.51. The lowest BCUT2D eigenvalue weighted by Gasteiger charge is -2.13. The zero-order valence-electron chi connectivity index (χ0n) is 15.9. The van der Waals surface area contributed by atoms with Crippen molar-refractivity contribution < 1.29 is 9.36 Å². The Morgan fingerprint density at radius 2 is 1.08 bits per heavy atom. The number of carbonyl (C=O) groups excluding carboxylic acids is 1. The highest BCUT2D eigenvalue weighted by molar-refractivity contribution is 7.71. The molecule has 0 amide bonds. The van der Waals surface area contributed by atoms with Gasteiger partial charge < -0.3 is 0 Å². The van der Waals surface area contributed by atoms with E-state index in [1.165, 1.54) is 5.56 Å². The highest BCUT2D eigenvalue weighted by atomic mass is 31.1. The van der Waals surface area contributed by atoms with Crippen molar-refractivity contribution in [2.45, 2.75) is 55.4 Å². The van der Waals surface area contributed by atoms with Gasteiger partial charge in [0.05, 0.1) is 5.56 Å². The van der Waals surface area contributed by atoms with Gasteiger partial charge in [0.15, 0.2) is 0 Å². The second-order valence-electron chi connectivity index (χ2n) is 6.85. The summed E-state index contributed by atoms with van der Waals surface area (Å²) in [7, 11) is -2.13. The molecule has 1 unspecified atom stereocenters. The van der Waals surface area contributed by atoms with Crippen molar-refractivity contribution in [1.82, 2.24) is 0 Å². The molecule has 0 radical (unpaired) electrons. The van der Waals surface area contributed by atoms with Crippen molar-refractivity contribution in [3.8, 4) is 0 Å². The Morgan fingerprint density at radius 1 is 0.708 bits per heavy atom. The maximum atomic E-state index is 13.2. The Labute approximate surface area is 146 Å². The van der Waals surface area contributed by atoms with E-state index in [2.05, 4.69) is 6.92 Å². The maximum Gasteiger partial charge on any atom is 0.459 e. The minimum absolute atomic E-state index is 0.256. The first-order valence-electron chi connectivity index (χ1n) is 8.24. The third-order valence-electron chi connectivity index (χ3n) is 5.24. The van der Waals surface area contributed by atoms with Crippen LogP contribution < -0.4 is 5.30 Å². The van der Waals surface area contributed by atoms with Gasteiger partial charge in [-0.15, -0.1) is 0 Å². The van der Waals surface area contributed by atoms with E-state index in [-0.39, 0.29) is 5.52 Å². The molecule has 0 fully saturated rings. The summed E-state index contributed by atoms with van der Waals surface area (Å²) in [4.78, 5) is 13.0. The fourth-order valence-corrected chi connectivity index (χ4v) is 5.21. The molecular formula is C21H26O2P+. The number of hydrogen-bond donors (Lipinski definition) is 0. The van der Waals surface area contributed by atoms with Gasteiger partial charge in [-0.25, -0.2) is 4.79 Å². The first-order valence-corrected chi connectivity index (χ1v) is 9.50. The van der Waals surface area contributed by atoms with Crippen LogP contribution in [-0.2, 0) is 4.57 Å². The van der Waals surface area contributed by atoms with E-state index in [0.29, 0.717) is 5.56 Å². The predicted octanol–water partition coefficient (Wildman–Crippen LogP) is 5.45. The molecule has 0 bridgehead atoms. The average Bonchev–Trinajstić information content (AvgIpc) is 2.50. The minimum Gasteiger partial charge on any atom is -0.234 e. The number of carbonyl (C=O) groups is 1. The zero-order valence-corrected chi connectivity index (χ0v) is 16.8. The van der Waals surface area contributed by atoms with Crippen molar-refractivity contribution >= 4 is 18.6 Å². The summed E-state index contributed by atoms with van der Waals surface area (Å²) in [6, 6.07) is 3.96. The van der Waals surface area contributed by atoms with Gasteiger partial charge >= 0.3 is 13.3 Å². The van der Waals surface area contributed by atoms with Crippen LogP contribution in [0.3, 0.4) is 0 Å². The van der Waals surface area contributed by atoms with Crippen LogP contribution in [0.15, 0.2) is 12.1 Å². The first kappa shape index (κ1) is 18.5. The Bertz CT molecular complexity index is 824. The van der Waals surface area contributed by atoms with Crippen LogP contribution in [0.5, 0.6) is 0 Å². The number of benzene rings is 2. The van der Waals surface area contributed by atoms with Gasteiger partial charge in [-0.1, -0.05) is 22.3 Å². The SMILES string of the molecule is Cc1cc(C)c(C(=O)[P+](=O)c2c(C)c(C)c(C)c(C)c2C)c(C)c1. The van der Waals surface area contributed by atoms with Gasteiger partial charge in [0.25, 0.3) is 0 Å². The van der Waals surface area contributed by atoms with Crippen LogP contribution in [0.2, 0.25) is 0 Å². The largest absolute Gasteiger partial charge is 0.459 e. The monoisotopic (exact) mass is 341 g/mol. The summed E-state index contributed by atoms with van der Waals surface area (Å²) in [5.74, 6) is 0. The highest BCUT2D eigenvalue weighted by Crippen LogP contribution is 2.35. The molecule has 1 atom stereocenters. The van der Waals surface area contributed by atoms with Gasteiger partial charge in [-0.3, -0.25) is 0 Å². The smallest absolute Gasteiger partial charge is 0.234 e. The molecule has 0 N–H and O–H groups in total. The van der Waals surface area contributed by atoms with Crippen LogP contribution in [0, 0.1) is 55.4 Å². The number of rotatable bonds is 3. The third kappa shape index (κ3) is 2.96. The summed E-state index contributed by atoms with van der Waals surface area (Å²) in [5.41, 5.74) is 8.69. The van der Waals surface area contributed by atoms with Gasteiger partial charge in [0, 0.05) is 11.1 Å². The van der Waals surface area contributed by atoms with E-state index in [0.717, 1.165) is 44.2 Å². The van der Waals surface area contributed by atoms with E-state index >= 15 is 0 Å². The van der Waals surface area contributed by atoms with Crippen LogP contribution in [0.1, 0.15) is 54.9 Å². The molecule has 126 valence electrons. The van der Waals surface area contributed by atoms with Gasteiger partial charge in [-0.2, -0.15) is 0 Å². The van der Waals surface area contributed by atoms with Crippen molar-refractivity contribution in [2.24, 2.45) is 0 Å². The molecular weight excluding hydrogens is 315 g/mol. The Morgan fingerprint density at radius 3 is 1.50 bits per heavy atom. The van der Waals surface area contributed by atoms with Crippen molar-refractivity contribution in [3.05, 3.63) is 62.2 Å². The lowest BCUT2D eigenvalue weighted by Crippen LogP contribution is -2.17. The topological polar surface area (TPSA) is 34.1 Å². The molecule has 24 heavy (non-hydrogen) atoms. The van der Waals surface area contributed by atoms with Gasteiger partial charge in [-0.05, 0) is 83.2 Å². The molecule has 0 heterocycles. The van der Waals surface area contributed by atoms with Crippen LogP contribution in [-0.4, -0.2) is 5.52 Å². The molecule has 3 heteroatoms. The molecule has 2 aromatic carbocycles. The second kappa shape index (κ2) is 6.61. The van der Waals surface area contributed by atoms with E-state index in [4.69, 9.17) is 0 Å². The van der Waals surface area contributed by atoms with Crippen LogP contribution >= 0.6 is 7.80 Å². The highest BCUT2D eigenvalue weighted by Gasteiger charge is 2.38. The molecule has 0 aliphatic heterocycles. The van der Waals surface area contributed by atoms with Crippen LogP contribution in [0.25, 0.3) is 0 Å². The van der Waals surface area contributed by atoms with Crippen LogP contribution in [0.4, 0.5) is 0 Å². The van der Waals surface area contributed by atoms with Gasteiger partial charge in [0.1, 0.15) is 0 Å². The summed E-state index contributed by atoms with van der Waals surface area (Å²) >= 11 is 0. The predicted molar refractivity (Wildman–Crippen MR) is 102 cm³/mol. The minimum atomic E-state index is -2.13. The van der Waals surface area contributed by atoms with E-state index in [1.54, 1.807) is 0 Å². The fraction of sp³-hybridized carbons (Fsp3) is 0.381. The van der Waals surface area contributed by atoms with Crippen molar-refractivity contribution in [2.75, 3.05) is 0 Å². The van der Waals surface area contributed by atoms with Crippen molar-refractivity contribution in [3.63, 3.8) is 0 Å². The maximum absolute atomic E-state index is 13.2. The standard InChI is InChI=1S/C21H26O2P/c1-11-9-12(2)19(13(3)10-11)21(22)24(23)20-17(7)15(5)14(4)16(6)18(20)8/h9-10H,1-8H3/q+1. The second-order valence-corrected chi connectivity index (χ2v) is 8.29. The Balaban J connectivity index is 2.65. The molecule has 0 aliphatic carbocycles. The molecule has 2 rings (SSSR count). The molecule has 2 nitrogen and oxygen atoms in total. The number of hydrogen-bond acceptors (Lipinski definition) is 2. The Hall–Kier alpha value is -1.79. The molecule has 0 aliphatic rings. The zero-order chi connectivity index (χ0) is 18.3. The Kier molecular flexibility index (Phi) is 5.11. The van der Waals surface area contributed by atoms with Gasteiger partial charge in [0.2, 0.25) is 5.30 Å².